The molecule has 1 saturated heterocycles. The van der Waals surface area contributed by atoms with E-state index in [1.165, 1.54) is 0 Å². The van der Waals surface area contributed by atoms with Gasteiger partial charge in [0.2, 0.25) is 0 Å². The molecule has 2 atom stereocenters. The number of ether oxygens (including phenoxy) is 1. The third kappa shape index (κ3) is 3.29. The van der Waals surface area contributed by atoms with Gasteiger partial charge in [-0.1, -0.05) is 0 Å². The molecule has 0 amide bonds. The van der Waals surface area contributed by atoms with Gasteiger partial charge in [0, 0.05) is 24.8 Å². The van der Waals surface area contributed by atoms with Gasteiger partial charge in [-0.15, -0.1) is 0 Å². The minimum absolute atomic E-state index is 0.148. The van der Waals surface area contributed by atoms with Gasteiger partial charge in [-0.05, 0) is 18.9 Å². The Balaban J connectivity index is 2.15. The summed E-state index contributed by atoms with van der Waals surface area (Å²) in [7, 11) is 0. The fourth-order valence-corrected chi connectivity index (χ4v) is 2.14. The summed E-state index contributed by atoms with van der Waals surface area (Å²) in [5.74, 6) is -5.11. The van der Waals surface area contributed by atoms with Crippen LogP contribution in [0, 0.1) is 17.5 Å². The summed E-state index contributed by atoms with van der Waals surface area (Å²) >= 11 is 0. The van der Waals surface area contributed by atoms with Crippen molar-refractivity contribution < 1.29 is 27.8 Å². The molecule has 1 aliphatic heterocycles. The van der Waals surface area contributed by atoms with Gasteiger partial charge in [0.05, 0.1) is 6.10 Å². The van der Waals surface area contributed by atoms with E-state index in [-0.39, 0.29) is 12.6 Å². The lowest BCUT2D eigenvalue weighted by Crippen LogP contribution is -2.35. The molecule has 0 aliphatic carbocycles. The number of halogens is 3. The number of aliphatic carboxylic acids is 1. The van der Waals surface area contributed by atoms with Crippen LogP contribution in [-0.4, -0.2) is 30.3 Å². The third-order valence-electron chi connectivity index (χ3n) is 3.17. The Kier molecular flexibility index (Phi) is 4.61. The second kappa shape index (κ2) is 6.23. The van der Waals surface area contributed by atoms with E-state index in [4.69, 9.17) is 9.84 Å². The SMILES string of the molecule is O=C(O)C(NCC1CCCO1)c1cc(F)c(F)cc1F. The molecule has 20 heavy (non-hydrogen) atoms. The van der Waals surface area contributed by atoms with Gasteiger partial charge < -0.3 is 9.84 Å². The van der Waals surface area contributed by atoms with Gasteiger partial charge in [0.1, 0.15) is 11.9 Å². The number of rotatable bonds is 5. The van der Waals surface area contributed by atoms with E-state index < -0.39 is 35.0 Å². The lowest BCUT2D eigenvalue weighted by Gasteiger charge is -2.18. The van der Waals surface area contributed by atoms with E-state index in [2.05, 4.69) is 5.32 Å². The van der Waals surface area contributed by atoms with Gasteiger partial charge in [0.15, 0.2) is 11.6 Å². The molecule has 110 valence electrons. The first-order valence-corrected chi connectivity index (χ1v) is 6.21. The van der Waals surface area contributed by atoms with Gasteiger partial charge >= 0.3 is 5.97 Å². The van der Waals surface area contributed by atoms with Crippen molar-refractivity contribution in [1.29, 1.82) is 0 Å². The largest absolute Gasteiger partial charge is 0.480 e. The summed E-state index contributed by atoms with van der Waals surface area (Å²) in [6.45, 7) is 0.805. The minimum atomic E-state index is -1.45. The second-order valence-electron chi connectivity index (χ2n) is 4.60. The minimum Gasteiger partial charge on any atom is -0.480 e. The summed E-state index contributed by atoms with van der Waals surface area (Å²) in [6, 6.07) is -0.547. The number of hydrogen-bond acceptors (Lipinski definition) is 3. The monoisotopic (exact) mass is 289 g/mol. The molecule has 1 aromatic rings. The van der Waals surface area contributed by atoms with E-state index in [1.54, 1.807) is 0 Å². The molecule has 2 unspecified atom stereocenters. The van der Waals surface area contributed by atoms with Gasteiger partial charge in [-0.25, -0.2) is 13.2 Å². The number of carboxylic acids is 1. The van der Waals surface area contributed by atoms with Gasteiger partial charge in [-0.2, -0.15) is 0 Å². The maximum atomic E-state index is 13.6. The molecular formula is C13H14F3NO3. The summed E-state index contributed by atoms with van der Waals surface area (Å²) in [5, 5.41) is 11.7. The molecule has 7 heteroatoms. The first kappa shape index (κ1) is 14.8. The number of carboxylic acid groups (broad SMARTS) is 1. The molecule has 0 aromatic heterocycles. The molecule has 4 nitrogen and oxygen atoms in total. The Hall–Kier alpha value is -1.60. The number of carbonyl (C=O) groups is 1. The van der Waals surface area contributed by atoms with Crippen molar-refractivity contribution in [2.75, 3.05) is 13.2 Å². The van der Waals surface area contributed by atoms with E-state index >= 15 is 0 Å². The summed E-state index contributed by atoms with van der Waals surface area (Å²) < 4.78 is 44.9. The first-order chi connectivity index (χ1) is 9.49. The smallest absolute Gasteiger partial charge is 0.325 e. The highest BCUT2D eigenvalue weighted by Gasteiger charge is 2.26. The fourth-order valence-electron chi connectivity index (χ4n) is 2.14. The Bertz CT molecular complexity index is 504. The predicted molar refractivity (Wildman–Crippen MR) is 63.7 cm³/mol. The van der Waals surface area contributed by atoms with Crippen molar-refractivity contribution in [3.05, 3.63) is 35.1 Å². The number of nitrogens with one attached hydrogen (secondary N) is 1. The Morgan fingerprint density at radius 2 is 2.05 bits per heavy atom. The van der Waals surface area contributed by atoms with Crippen LogP contribution in [0.3, 0.4) is 0 Å². The first-order valence-electron chi connectivity index (χ1n) is 6.21. The average Bonchev–Trinajstić information content (AvgIpc) is 2.88. The molecule has 0 saturated carbocycles. The van der Waals surface area contributed by atoms with Crippen molar-refractivity contribution in [3.8, 4) is 0 Å². The van der Waals surface area contributed by atoms with Crippen LogP contribution in [0.25, 0.3) is 0 Å². The molecule has 1 aromatic carbocycles. The Morgan fingerprint density at radius 3 is 2.65 bits per heavy atom. The molecular weight excluding hydrogens is 275 g/mol. The van der Waals surface area contributed by atoms with Crippen molar-refractivity contribution in [2.45, 2.75) is 25.0 Å². The highest BCUT2D eigenvalue weighted by Crippen LogP contribution is 2.21. The zero-order valence-electron chi connectivity index (χ0n) is 10.5. The molecule has 0 bridgehead atoms. The fraction of sp³-hybridized carbons (Fsp3) is 0.462. The topological polar surface area (TPSA) is 58.6 Å². The van der Waals surface area contributed by atoms with Crippen LogP contribution in [0.4, 0.5) is 13.2 Å². The van der Waals surface area contributed by atoms with Crippen LogP contribution in [0.2, 0.25) is 0 Å². The molecule has 0 spiro atoms. The molecule has 2 N–H and O–H groups in total. The summed E-state index contributed by atoms with van der Waals surface area (Å²) in [4.78, 5) is 11.2. The van der Waals surface area contributed by atoms with Crippen molar-refractivity contribution in [1.82, 2.24) is 5.32 Å². The van der Waals surface area contributed by atoms with Crippen LogP contribution in [0.15, 0.2) is 12.1 Å². The highest BCUT2D eigenvalue weighted by molar-refractivity contribution is 5.75. The third-order valence-corrected chi connectivity index (χ3v) is 3.17. The van der Waals surface area contributed by atoms with Crippen molar-refractivity contribution in [2.24, 2.45) is 0 Å². The average molecular weight is 289 g/mol. The van der Waals surface area contributed by atoms with Gasteiger partial charge in [-0.3, -0.25) is 10.1 Å². The van der Waals surface area contributed by atoms with Crippen LogP contribution in [0.1, 0.15) is 24.4 Å². The van der Waals surface area contributed by atoms with E-state index in [0.717, 1.165) is 12.8 Å². The maximum absolute atomic E-state index is 13.6. The maximum Gasteiger partial charge on any atom is 0.325 e. The second-order valence-corrected chi connectivity index (χ2v) is 4.60. The Labute approximate surface area is 113 Å². The van der Waals surface area contributed by atoms with Gasteiger partial charge in [0.25, 0.3) is 0 Å². The molecule has 0 radical (unpaired) electrons. The summed E-state index contributed by atoms with van der Waals surface area (Å²) in [6.07, 6.45) is 1.51. The molecule has 1 fully saturated rings. The van der Waals surface area contributed by atoms with Crippen LogP contribution < -0.4 is 5.32 Å². The lowest BCUT2D eigenvalue weighted by molar-refractivity contribution is -0.139. The lowest BCUT2D eigenvalue weighted by atomic mass is 10.1. The zero-order chi connectivity index (χ0) is 14.7. The van der Waals surface area contributed by atoms with Crippen molar-refractivity contribution >= 4 is 5.97 Å². The predicted octanol–water partition coefficient (Wildman–Crippen LogP) is 2.00. The normalized spacial score (nSPS) is 20.1. The Morgan fingerprint density at radius 1 is 1.35 bits per heavy atom. The van der Waals surface area contributed by atoms with Crippen molar-refractivity contribution in [3.63, 3.8) is 0 Å². The van der Waals surface area contributed by atoms with E-state index in [0.29, 0.717) is 18.7 Å². The highest BCUT2D eigenvalue weighted by atomic mass is 19.2. The van der Waals surface area contributed by atoms with Crippen LogP contribution in [-0.2, 0) is 9.53 Å². The molecule has 1 heterocycles. The number of benzene rings is 1. The standard InChI is InChI=1S/C13H14F3NO3/c14-9-5-11(16)10(15)4-8(9)12(13(18)19)17-6-7-2-1-3-20-7/h4-5,7,12,17H,1-3,6H2,(H,18,19). The zero-order valence-corrected chi connectivity index (χ0v) is 10.5. The van der Waals surface area contributed by atoms with Crippen LogP contribution >= 0.6 is 0 Å². The molecule has 2 rings (SSSR count). The van der Waals surface area contributed by atoms with E-state index in [9.17, 15) is 18.0 Å². The summed E-state index contributed by atoms with van der Waals surface area (Å²) in [5.41, 5.74) is -0.436. The quantitative estimate of drug-likeness (QED) is 0.814. The van der Waals surface area contributed by atoms with Crippen LogP contribution in [0.5, 0.6) is 0 Å². The van der Waals surface area contributed by atoms with E-state index in [1.807, 2.05) is 0 Å². The molecule has 1 aliphatic rings. The number of hydrogen-bond donors (Lipinski definition) is 2.